The molecule has 0 aliphatic carbocycles. The minimum absolute atomic E-state index is 0.0841. The molecule has 0 atom stereocenters. The van der Waals surface area contributed by atoms with Crippen molar-refractivity contribution in [2.75, 3.05) is 18.6 Å². The molecule has 3 rings (SSSR count). The van der Waals surface area contributed by atoms with Gasteiger partial charge in [0.05, 0.1) is 13.7 Å². The summed E-state index contributed by atoms with van der Waals surface area (Å²) in [6.45, 7) is 0.365. The smallest absolute Gasteiger partial charge is 0.265 e. The second-order valence-electron chi connectivity index (χ2n) is 5.91. The largest absolute Gasteiger partial charge is 0.497 e. The number of rotatable bonds is 7. The van der Waals surface area contributed by atoms with Gasteiger partial charge >= 0.3 is 0 Å². The molecule has 0 bridgehead atoms. The van der Waals surface area contributed by atoms with E-state index >= 15 is 0 Å². The van der Waals surface area contributed by atoms with E-state index in [1.807, 2.05) is 54.6 Å². The lowest BCUT2D eigenvalue weighted by molar-refractivity contribution is -0.120. The van der Waals surface area contributed by atoms with Crippen LogP contribution in [0.2, 0.25) is 5.02 Å². The topological polar surface area (TPSA) is 38.8 Å². The Morgan fingerprint density at radius 1 is 0.926 bits per heavy atom. The second-order valence-corrected chi connectivity index (χ2v) is 6.35. The molecule has 0 unspecified atom stereocenters. The maximum atomic E-state index is 12.9. The zero-order valence-corrected chi connectivity index (χ0v) is 15.7. The highest BCUT2D eigenvalue weighted by Gasteiger charge is 2.17. The van der Waals surface area contributed by atoms with E-state index in [1.54, 1.807) is 36.3 Å². The van der Waals surface area contributed by atoms with Gasteiger partial charge in [-0.15, -0.1) is 0 Å². The van der Waals surface area contributed by atoms with E-state index in [0.29, 0.717) is 17.3 Å². The SMILES string of the molecule is COc1ccc(N(Cc2ccccc2)C(=O)COc2cccc(Cl)c2)cc1. The van der Waals surface area contributed by atoms with Crippen molar-refractivity contribution in [1.82, 2.24) is 0 Å². The Morgan fingerprint density at radius 3 is 2.33 bits per heavy atom. The predicted octanol–water partition coefficient (Wildman–Crippen LogP) is 4.96. The zero-order valence-electron chi connectivity index (χ0n) is 15.0. The molecule has 0 spiro atoms. The van der Waals surface area contributed by atoms with Crippen LogP contribution in [-0.2, 0) is 11.3 Å². The lowest BCUT2D eigenvalue weighted by Crippen LogP contribution is -2.34. The highest BCUT2D eigenvalue weighted by molar-refractivity contribution is 6.30. The summed E-state index contributed by atoms with van der Waals surface area (Å²) in [6, 6.07) is 24.2. The maximum Gasteiger partial charge on any atom is 0.265 e. The first-order valence-corrected chi connectivity index (χ1v) is 8.90. The van der Waals surface area contributed by atoms with Gasteiger partial charge < -0.3 is 14.4 Å². The second kappa shape index (κ2) is 9.10. The van der Waals surface area contributed by atoms with Crippen LogP contribution < -0.4 is 14.4 Å². The molecule has 0 saturated heterocycles. The van der Waals surface area contributed by atoms with E-state index in [1.165, 1.54) is 0 Å². The summed E-state index contributed by atoms with van der Waals surface area (Å²) in [4.78, 5) is 14.6. The Morgan fingerprint density at radius 2 is 1.67 bits per heavy atom. The third-order valence-electron chi connectivity index (χ3n) is 4.03. The van der Waals surface area contributed by atoms with Gasteiger partial charge in [-0.05, 0) is 48.0 Å². The van der Waals surface area contributed by atoms with E-state index < -0.39 is 0 Å². The quantitative estimate of drug-likeness (QED) is 0.580. The monoisotopic (exact) mass is 381 g/mol. The third kappa shape index (κ3) is 5.25. The molecule has 5 heteroatoms. The number of nitrogens with zero attached hydrogens (tertiary/aromatic N) is 1. The van der Waals surface area contributed by atoms with Crippen molar-refractivity contribution >= 4 is 23.2 Å². The lowest BCUT2D eigenvalue weighted by Gasteiger charge is -2.23. The zero-order chi connectivity index (χ0) is 19.1. The number of amides is 1. The van der Waals surface area contributed by atoms with Crippen LogP contribution in [0.1, 0.15) is 5.56 Å². The van der Waals surface area contributed by atoms with Gasteiger partial charge in [0.15, 0.2) is 6.61 Å². The Hall–Kier alpha value is -2.98. The molecule has 0 aromatic heterocycles. The molecule has 138 valence electrons. The van der Waals surface area contributed by atoms with Crippen molar-refractivity contribution in [3.8, 4) is 11.5 Å². The van der Waals surface area contributed by atoms with Crippen LogP contribution in [0, 0.1) is 0 Å². The van der Waals surface area contributed by atoms with Crippen molar-refractivity contribution in [3.63, 3.8) is 0 Å². The number of hydrogen-bond acceptors (Lipinski definition) is 3. The molecule has 27 heavy (non-hydrogen) atoms. The van der Waals surface area contributed by atoms with Crippen molar-refractivity contribution in [3.05, 3.63) is 89.4 Å². The minimum Gasteiger partial charge on any atom is -0.497 e. The van der Waals surface area contributed by atoms with Crippen molar-refractivity contribution in [2.24, 2.45) is 0 Å². The van der Waals surface area contributed by atoms with E-state index in [-0.39, 0.29) is 12.5 Å². The first-order chi connectivity index (χ1) is 13.2. The molecule has 3 aromatic carbocycles. The fourth-order valence-corrected chi connectivity index (χ4v) is 2.81. The highest BCUT2D eigenvalue weighted by atomic mass is 35.5. The molecule has 0 aliphatic rings. The number of carbonyl (C=O) groups excluding carboxylic acids is 1. The molecule has 4 nitrogen and oxygen atoms in total. The van der Waals surface area contributed by atoms with Crippen LogP contribution >= 0.6 is 11.6 Å². The molecule has 1 amide bonds. The summed E-state index contributed by atoms with van der Waals surface area (Å²) >= 11 is 5.97. The van der Waals surface area contributed by atoms with Crippen LogP contribution in [0.4, 0.5) is 5.69 Å². The predicted molar refractivity (Wildman–Crippen MR) is 108 cm³/mol. The van der Waals surface area contributed by atoms with Gasteiger partial charge in [0.2, 0.25) is 0 Å². The van der Waals surface area contributed by atoms with Crippen molar-refractivity contribution in [1.29, 1.82) is 0 Å². The highest BCUT2D eigenvalue weighted by Crippen LogP contribution is 2.22. The van der Waals surface area contributed by atoms with E-state index in [2.05, 4.69) is 0 Å². The molecule has 0 fully saturated rings. The molecular weight excluding hydrogens is 362 g/mol. The third-order valence-corrected chi connectivity index (χ3v) is 4.26. The number of anilines is 1. The van der Waals surface area contributed by atoms with E-state index in [9.17, 15) is 4.79 Å². The van der Waals surface area contributed by atoms with Gasteiger partial charge in [0.1, 0.15) is 11.5 Å². The standard InChI is InChI=1S/C22H20ClNO3/c1-26-20-12-10-19(11-13-20)24(15-17-6-3-2-4-7-17)22(25)16-27-21-9-5-8-18(23)14-21/h2-14H,15-16H2,1H3. The van der Waals surface area contributed by atoms with Crippen LogP contribution in [0.5, 0.6) is 11.5 Å². The van der Waals surface area contributed by atoms with Gasteiger partial charge in [0, 0.05) is 10.7 Å². The molecule has 3 aromatic rings. The van der Waals surface area contributed by atoms with Gasteiger partial charge in [-0.3, -0.25) is 4.79 Å². The summed E-state index contributed by atoms with van der Waals surface area (Å²) in [5, 5.41) is 0.566. The molecule has 0 N–H and O–H groups in total. The molecule has 0 heterocycles. The lowest BCUT2D eigenvalue weighted by atomic mass is 10.2. The molecule has 0 radical (unpaired) electrons. The van der Waals surface area contributed by atoms with Gasteiger partial charge in [-0.25, -0.2) is 0 Å². The normalized spacial score (nSPS) is 10.3. The maximum absolute atomic E-state index is 12.9. The Bertz CT molecular complexity index is 882. The van der Waals surface area contributed by atoms with Gasteiger partial charge in [-0.1, -0.05) is 48.0 Å². The van der Waals surface area contributed by atoms with Gasteiger partial charge in [-0.2, -0.15) is 0 Å². The van der Waals surface area contributed by atoms with Crippen LogP contribution in [0.15, 0.2) is 78.9 Å². The molecule has 0 saturated carbocycles. The summed E-state index contributed by atoms with van der Waals surface area (Å²) in [7, 11) is 1.61. The molecule has 0 aliphatic heterocycles. The van der Waals surface area contributed by atoms with Crippen LogP contribution in [-0.4, -0.2) is 19.6 Å². The average molecular weight is 382 g/mol. The van der Waals surface area contributed by atoms with E-state index in [4.69, 9.17) is 21.1 Å². The Labute approximate surface area is 163 Å². The van der Waals surface area contributed by atoms with Crippen molar-refractivity contribution in [2.45, 2.75) is 6.54 Å². The first kappa shape index (κ1) is 18.8. The fraction of sp³-hybridized carbons (Fsp3) is 0.136. The van der Waals surface area contributed by atoms with E-state index in [0.717, 1.165) is 17.0 Å². The number of halogens is 1. The van der Waals surface area contributed by atoms with Crippen LogP contribution in [0.25, 0.3) is 0 Å². The number of hydrogen-bond donors (Lipinski definition) is 0. The fourth-order valence-electron chi connectivity index (χ4n) is 2.63. The molecular formula is C22H20ClNO3. The average Bonchev–Trinajstić information content (AvgIpc) is 2.71. The number of carbonyl (C=O) groups is 1. The summed E-state index contributed by atoms with van der Waals surface area (Å²) in [5.41, 5.74) is 1.81. The van der Waals surface area contributed by atoms with Crippen molar-refractivity contribution < 1.29 is 14.3 Å². The Balaban J connectivity index is 1.78. The van der Waals surface area contributed by atoms with Gasteiger partial charge in [0.25, 0.3) is 5.91 Å². The first-order valence-electron chi connectivity index (χ1n) is 8.52. The summed E-state index contributed by atoms with van der Waals surface area (Å²) in [5.74, 6) is 1.15. The summed E-state index contributed by atoms with van der Waals surface area (Å²) < 4.78 is 10.8. The summed E-state index contributed by atoms with van der Waals surface area (Å²) in [6.07, 6.45) is 0. The number of benzene rings is 3. The Kier molecular flexibility index (Phi) is 6.34. The number of ether oxygens (including phenoxy) is 2. The number of methoxy groups -OCH3 is 1. The van der Waals surface area contributed by atoms with Crippen LogP contribution in [0.3, 0.4) is 0 Å². The minimum atomic E-state index is -0.149.